The third-order valence-corrected chi connectivity index (χ3v) is 5.16. The number of carbonyl (C=O) groups excluding carboxylic acids is 1. The van der Waals surface area contributed by atoms with E-state index in [1.807, 2.05) is 36.4 Å². The number of nitrogens with zero attached hydrogens (tertiary/aromatic N) is 6. The van der Waals surface area contributed by atoms with Gasteiger partial charge >= 0.3 is 0 Å². The zero-order valence-corrected chi connectivity index (χ0v) is 17.7. The van der Waals surface area contributed by atoms with Gasteiger partial charge in [-0.2, -0.15) is 9.61 Å². The lowest BCUT2D eigenvalue weighted by Crippen LogP contribution is -2.14. The molecule has 0 aliphatic heterocycles. The van der Waals surface area contributed by atoms with E-state index in [2.05, 4.69) is 25.6 Å². The molecule has 34 heavy (non-hydrogen) atoms. The average Bonchev–Trinajstić information content (AvgIpc) is 3.29. The molecule has 3 heterocycles. The number of non-ortho nitro benzene ring substituents is 1. The summed E-state index contributed by atoms with van der Waals surface area (Å²) in [5.41, 5.74) is 4.34. The summed E-state index contributed by atoms with van der Waals surface area (Å²) in [6.07, 6.45) is 3.51. The fourth-order valence-corrected chi connectivity index (χ4v) is 3.47. The van der Waals surface area contributed by atoms with Crippen molar-refractivity contribution in [2.45, 2.75) is 6.42 Å². The van der Waals surface area contributed by atoms with Crippen LogP contribution in [0.25, 0.3) is 28.3 Å². The highest BCUT2D eigenvalue weighted by Gasteiger charge is 2.12. The van der Waals surface area contributed by atoms with Gasteiger partial charge in [-0.15, -0.1) is 10.2 Å². The maximum atomic E-state index is 12.4. The number of rotatable bonds is 6. The molecule has 0 aliphatic carbocycles. The Balaban J connectivity index is 1.31. The van der Waals surface area contributed by atoms with Crippen molar-refractivity contribution in [3.63, 3.8) is 0 Å². The number of aromatic nitrogens is 5. The van der Waals surface area contributed by atoms with Crippen LogP contribution in [0.4, 0.5) is 11.4 Å². The number of nitro groups is 1. The van der Waals surface area contributed by atoms with Crippen LogP contribution in [-0.2, 0) is 11.2 Å². The zero-order valence-electron chi connectivity index (χ0n) is 17.7. The fourth-order valence-electron chi connectivity index (χ4n) is 3.47. The average molecular weight is 451 g/mol. The molecule has 1 N–H and O–H groups in total. The molecule has 10 nitrogen and oxygen atoms in total. The molecule has 2 aromatic carbocycles. The molecule has 3 aromatic heterocycles. The third-order valence-electron chi connectivity index (χ3n) is 5.16. The van der Waals surface area contributed by atoms with E-state index in [1.54, 1.807) is 41.2 Å². The molecular formula is C24H17N7O3. The highest BCUT2D eigenvalue weighted by atomic mass is 16.6. The van der Waals surface area contributed by atoms with E-state index in [1.165, 1.54) is 12.1 Å². The first-order valence-corrected chi connectivity index (χ1v) is 10.3. The number of benzene rings is 2. The third kappa shape index (κ3) is 4.32. The Hall–Kier alpha value is -4.99. The van der Waals surface area contributed by atoms with Gasteiger partial charge in [0.1, 0.15) is 0 Å². The lowest BCUT2D eigenvalue weighted by molar-refractivity contribution is -0.384. The molecular weight excluding hydrogens is 434 g/mol. The molecule has 0 fully saturated rings. The predicted molar refractivity (Wildman–Crippen MR) is 125 cm³/mol. The fraction of sp³-hybridized carbons (Fsp3) is 0.0417. The van der Waals surface area contributed by atoms with Gasteiger partial charge < -0.3 is 5.32 Å². The van der Waals surface area contributed by atoms with Crippen LogP contribution in [0, 0.1) is 10.1 Å². The Bertz CT molecular complexity index is 1480. The van der Waals surface area contributed by atoms with Crippen LogP contribution in [0.5, 0.6) is 0 Å². The minimum atomic E-state index is -0.471. The molecule has 0 saturated heterocycles. The molecule has 1 amide bonds. The van der Waals surface area contributed by atoms with Crippen LogP contribution in [-0.4, -0.2) is 35.6 Å². The van der Waals surface area contributed by atoms with Crippen LogP contribution in [0.3, 0.4) is 0 Å². The summed E-state index contributed by atoms with van der Waals surface area (Å²) in [5.74, 6) is 0.381. The zero-order chi connectivity index (χ0) is 23.5. The van der Waals surface area contributed by atoms with Crippen molar-refractivity contribution < 1.29 is 9.72 Å². The topological polar surface area (TPSA) is 128 Å². The maximum absolute atomic E-state index is 12.4. The summed E-state index contributed by atoms with van der Waals surface area (Å²) in [7, 11) is 0. The van der Waals surface area contributed by atoms with Crippen molar-refractivity contribution in [3.8, 4) is 22.6 Å². The van der Waals surface area contributed by atoms with Crippen LogP contribution in [0.1, 0.15) is 5.56 Å². The Morgan fingerprint density at radius 1 is 0.941 bits per heavy atom. The molecule has 5 rings (SSSR count). The van der Waals surface area contributed by atoms with Gasteiger partial charge in [0, 0.05) is 41.3 Å². The first-order chi connectivity index (χ1) is 16.6. The largest absolute Gasteiger partial charge is 0.326 e. The van der Waals surface area contributed by atoms with E-state index in [9.17, 15) is 14.9 Å². The van der Waals surface area contributed by atoms with Crippen molar-refractivity contribution in [2.75, 3.05) is 5.32 Å². The molecule has 0 bridgehead atoms. The summed E-state index contributed by atoms with van der Waals surface area (Å²) < 4.78 is 1.67. The second-order valence-electron chi connectivity index (χ2n) is 7.48. The number of fused-ring (bicyclic) bond motifs is 1. The molecule has 0 atom stereocenters. The minimum absolute atomic E-state index is 0.00873. The van der Waals surface area contributed by atoms with E-state index in [0.717, 1.165) is 16.8 Å². The number of hydrogen-bond donors (Lipinski definition) is 1. The maximum Gasteiger partial charge on any atom is 0.269 e. The van der Waals surface area contributed by atoms with Gasteiger partial charge in [0.15, 0.2) is 11.5 Å². The monoisotopic (exact) mass is 451 g/mol. The normalized spacial score (nSPS) is 10.8. The van der Waals surface area contributed by atoms with E-state index >= 15 is 0 Å². The summed E-state index contributed by atoms with van der Waals surface area (Å²) in [4.78, 5) is 26.8. The van der Waals surface area contributed by atoms with Gasteiger partial charge in [-0.3, -0.25) is 19.9 Å². The van der Waals surface area contributed by atoms with Crippen molar-refractivity contribution >= 4 is 22.9 Å². The molecule has 5 aromatic rings. The summed E-state index contributed by atoms with van der Waals surface area (Å²) in [6, 6.07) is 20.7. The van der Waals surface area contributed by atoms with Crippen LogP contribution in [0.2, 0.25) is 0 Å². The molecule has 10 heteroatoms. The Morgan fingerprint density at radius 3 is 2.44 bits per heavy atom. The Labute approximate surface area is 193 Å². The van der Waals surface area contributed by atoms with Gasteiger partial charge in [0.05, 0.1) is 17.0 Å². The molecule has 0 aliphatic rings. The van der Waals surface area contributed by atoms with Crippen LogP contribution < -0.4 is 5.32 Å². The summed E-state index contributed by atoms with van der Waals surface area (Å²) in [6.45, 7) is 0. The number of carbonyl (C=O) groups is 1. The van der Waals surface area contributed by atoms with Crippen molar-refractivity contribution in [2.24, 2.45) is 0 Å². The van der Waals surface area contributed by atoms with Crippen molar-refractivity contribution in [1.29, 1.82) is 0 Å². The first-order valence-electron chi connectivity index (χ1n) is 10.3. The van der Waals surface area contributed by atoms with Crippen LogP contribution in [0.15, 0.2) is 85.2 Å². The van der Waals surface area contributed by atoms with Gasteiger partial charge in [-0.25, -0.2) is 0 Å². The number of hydrogen-bond acceptors (Lipinski definition) is 7. The second-order valence-corrected chi connectivity index (χ2v) is 7.48. The SMILES string of the molecule is O=C(Cc1ccc([N+](=O)[O-])cc1)Nc1ccc(-c2ccc3nnc(-c4cccnc4)n3n2)cc1. The highest BCUT2D eigenvalue weighted by molar-refractivity contribution is 5.92. The first kappa shape index (κ1) is 20.9. The smallest absolute Gasteiger partial charge is 0.269 e. The van der Waals surface area contributed by atoms with Gasteiger partial charge in [-0.1, -0.05) is 24.3 Å². The lowest BCUT2D eigenvalue weighted by atomic mass is 10.1. The number of amides is 1. The number of pyridine rings is 1. The van der Waals surface area contributed by atoms with E-state index < -0.39 is 4.92 Å². The number of nitro benzene ring substituents is 1. The lowest BCUT2D eigenvalue weighted by Gasteiger charge is -2.07. The van der Waals surface area contributed by atoms with Crippen molar-refractivity contribution in [3.05, 3.63) is 101 Å². The summed E-state index contributed by atoms with van der Waals surface area (Å²) >= 11 is 0. The number of anilines is 1. The van der Waals surface area contributed by atoms with Gasteiger partial charge in [-0.05, 0) is 42.0 Å². The van der Waals surface area contributed by atoms with Gasteiger partial charge in [0.2, 0.25) is 5.91 Å². The molecule has 166 valence electrons. The Kier molecular flexibility index (Phi) is 5.45. The second kappa shape index (κ2) is 8.87. The van der Waals surface area contributed by atoms with Crippen LogP contribution >= 0.6 is 0 Å². The number of nitrogens with one attached hydrogen (secondary N) is 1. The summed E-state index contributed by atoms with van der Waals surface area (Å²) in [5, 5.41) is 26.7. The van der Waals surface area contributed by atoms with E-state index in [0.29, 0.717) is 22.7 Å². The Morgan fingerprint density at radius 2 is 1.74 bits per heavy atom. The van der Waals surface area contributed by atoms with Gasteiger partial charge in [0.25, 0.3) is 5.69 Å². The predicted octanol–water partition coefficient (Wildman–Crippen LogP) is 3.94. The van der Waals surface area contributed by atoms with E-state index in [4.69, 9.17) is 0 Å². The molecule has 0 spiro atoms. The van der Waals surface area contributed by atoms with E-state index in [-0.39, 0.29) is 18.0 Å². The quantitative estimate of drug-likeness (QED) is 0.306. The highest BCUT2D eigenvalue weighted by Crippen LogP contribution is 2.22. The minimum Gasteiger partial charge on any atom is -0.326 e. The molecule has 0 saturated carbocycles. The van der Waals surface area contributed by atoms with Crippen molar-refractivity contribution in [1.82, 2.24) is 24.8 Å². The molecule has 0 radical (unpaired) electrons. The molecule has 0 unspecified atom stereocenters. The standard InChI is InChI=1S/C24H17N7O3/c32-23(14-16-3-9-20(10-4-16)31(33)34)26-19-7-5-17(6-8-19)21-11-12-22-27-28-24(30(22)29-21)18-2-1-13-25-15-18/h1-13,15H,14H2,(H,26,32).